The van der Waals surface area contributed by atoms with Gasteiger partial charge < -0.3 is 15.5 Å². The second-order valence-electron chi connectivity index (χ2n) is 6.31. The highest BCUT2D eigenvalue weighted by molar-refractivity contribution is 7.91. The number of nitrogens with zero attached hydrogens (tertiary/aromatic N) is 2. The Bertz CT molecular complexity index is 1240. The molecule has 0 amide bonds. The molecule has 3 rings (SSSR count). The Labute approximate surface area is 187 Å². The van der Waals surface area contributed by atoms with Gasteiger partial charge in [0.1, 0.15) is 5.69 Å². The van der Waals surface area contributed by atoms with Crippen LogP contribution in [-0.4, -0.2) is 47.4 Å². The second-order valence-corrected chi connectivity index (χ2v) is 8.21. The fraction of sp³-hybridized carbons (Fsp3) is 0.0952. The van der Waals surface area contributed by atoms with Crippen molar-refractivity contribution in [2.24, 2.45) is 0 Å². The zero-order valence-corrected chi connectivity index (χ0v) is 18.0. The third-order valence-corrected chi connectivity index (χ3v) is 5.67. The van der Waals surface area contributed by atoms with E-state index < -0.39 is 39.1 Å². The largest absolute Gasteiger partial charge is 0.478 e. The van der Waals surface area contributed by atoms with Gasteiger partial charge in [0, 0.05) is 24.8 Å². The van der Waals surface area contributed by atoms with E-state index in [9.17, 15) is 26.8 Å². The average Bonchev–Trinajstić information content (AvgIpc) is 3.18. The summed E-state index contributed by atoms with van der Waals surface area (Å²) in [5.74, 6) is -4.31. The molecule has 0 unspecified atom stereocenters. The molecule has 0 radical (unpaired) electrons. The van der Waals surface area contributed by atoms with Crippen molar-refractivity contribution in [2.75, 3.05) is 7.05 Å². The van der Waals surface area contributed by atoms with Crippen molar-refractivity contribution in [3.05, 3.63) is 84.1 Å². The Morgan fingerprint density at radius 1 is 1.00 bits per heavy atom. The monoisotopic (exact) mass is 479 g/mol. The Balaban J connectivity index is 0.000000414. The molecule has 3 N–H and O–H groups in total. The van der Waals surface area contributed by atoms with Crippen LogP contribution in [0.4, 0.5) is 8.78 Å². The van der Waals surface area contributed by atoms with Gasteiger partial charge >= 0.3 is 11.9 Å². The summed E-state index contributed by atoms with van der Waals surface area (Å²) in [4.78, 5) is 19.1. The van der Waals surface area contributed by atoms with Crippen LogP contribution in [0.15, 0.2) is 76.7 Å². The number of carbonyl (C=O) groups is 2. The Hall–Kier alpha value is -3.90. The minimum atomic E-state index is -4.01. The van der Waals surface area contributed by atoms with Gasteiger partial charge in [-0.05, 0) is 31.3 Å². The molecule has 12 heteroatoms. The van der Waals surface area contributed by atoms with Gasteiger partial charge in [-0.15, -0.1) is 0 Å². The van der Waals surface area contributed by atoms with E-state index in [4.69, 9.17) is 10.2 Å². The van der Waals surface area contributed by atoms with Crippen molar-refractivity contribution in [1.82, 2.24) is 15.1 Å². The molecule has 0 aliphatic carbocycles. The normalized spacial score (nSPS) is 11.1. The van der Waals surface area contributed by atoms with Gasteiger partial charge in [-0.25, -0.2) is 31.5 Å². The van der Waals surface area contributed by atoms with Gasteiger partial charge in [0.15, 0.2) is 16.7 Å². The molecule has 9 nitrogen and oxygen atoms in total. The average molecular weight is 479 g/mol. The van der Waals surface area contributed by atoms with Crippen molar-refractivity contribution < 1.29 is 37.0 Å². The molecular formula is C21H19F2N3O6S. The predicted octanol–water partition coefficient (Wildman–Crippen LogP) is 2.41. The summed E-state index contributed by atoms with van der Waals surface area (Å²) in [6.07, 6.45) is 1.12. The molecule has 0 spiro atoms. The third kappa shape index (κ3) is 6.54. The first-order chi connectivity index (χ1) is 15.6. The van der Waals surface area contributed by atoms with Gasteiger partial charge in [0.05, 0.1) is 10.6 Å². The number of sulfone groups is 1. The highest BCUT2D eigenvalue weighted by Crippen LogP contribution is 2.27. The number of para-hydroxylation sites is 1. The molecule has 174 valence electrons. The van der Waals surface area contributed by atoms with Crippen molar-refractivity contribution >= 4 is 21.8 Å². The van der Waals surface area contributed by atoms with Gasteiger partial charge in [-0.3, -0.25) is 0 Å². The quantitative estimate of drug-likeness (QED) is 0.439. The molecule has 0 bridgehead atoms. The molecule has 0 atom stereocenters. The minimum absolute atomic E-state index is 0.0175. The molecule has 3 aromatic rings. The van der Waals surface area contributed by atoms with E-state index in [1.165, 1.54) is 24.3 Å². The van der Waals surface area contributed by atoms with Crippen molar-refractivity contribution in [2.45, 2.75) is 16.5 Å². The van der Waals surface area contributed by atoms with Crippen LogP contribution in [0.1, 0.15) is 5.69 Å². The Kier molecular flexibility index (Phi) is 8.54. The molecule has 0 aliphatic rings. The van der Waals surface area contributed by atoms with Crippen molar-refractivity contribution in [1.29, 1.82) is 0 Å². The van der Waals surface area contributed by atoms with E-state index in [0.29, 0.717) is 17.8 Å². The first kappa shape index (κ1) is 25.4. The van der Waals surface area contributed by atoms with Crippen LogP contribution in [0.3, 0.4) is 0 Å². The molecule has 33 heavy (non-hydrogen) atoms. The number of hydrogen-bond donors (Lipinski definition) is 3. The Morgan fingerprint density at radius 2 is 1.55 bits per heavy atom. The molecule has 2 aromatic carbocycles. The number of rotatable bonds is 7. The number of aromatic nitrogens is 2. The number of halogens is 2. The maximum absolute atomic E-state index is 14.2. The third-order valence-electron chi connectivity index (χ3n) is 3.93. The standard InChI is InChI=1S/C17H15F2N3O2S.C4H4O4/c1-20-11-12-10-16(25(23,24)13-6-3-2-4-7-13)22(21-12)17-14(18)8-5-9-15(17)19;5-3(6)1-2-4(7)8/h2-10,20H,11H2,1H3;1-2H,(H,5,6)(H,7,8). The summed E-state index contributed by atoms with van der Waals surface area (Å²) < 4.78 is 55.1. The van der Waals surface area contributed by atoms with Gasteiger partial charge in [0.25, 0.3) is 0 Å². The van der Waals surface area contributed by atoms with Crippen LogP contribution < -0.4 is 5.32 Å². The summed E-state index contributed by atoms with van der Waals surface area (Å²) in [6, 6.07) is 12.3. The molecule has 0 aliphatic heterocycles. The van der Waals surface area contributed by atoms with Gasteiger partial charge in [-0.2, -0.15) is 5.10 Å². The summed E-state index contributed by atoms with van der Waals surface area (Å²) in [7, 11) is -2.35. The molecular weight excluding hydrogens is 460 g/mol. The molecule has 0 saturated carbocycles. The maximum Gasteiger partial charge on any atom is 0.328 e. The van der Waals surface area contributed by atoms with Gasteiger partial charge in [0.2, 0.25) is 9.84 Å². The SMILES string of the molecule is CNCc1cc(S(=O)(=O)c2ccccc2)n(-c2c(F)cccc2F)n1.O=C(O)C=CC(=O)O. The fourth-order valence-corrected chi connectivity index (χ4v) is 3.99. The van der Waals surface area contributed by atoms with E-state index in [-0.39, 0.29) is 16.5 Å². The number of nitrogens with one attached hydrogen (secondary N) is 1. The smallest absolute Gasteiger partial charge is 0.328 e. The molecule has 1 aromatic heterocycles. The second kappa shape index (κ2) is 11.1. The maximum atomic E-state index is 14.2. The van der Waals surface area contributed by atoms with E-state index in [1.54, 1.807) is 25.2 Å². The lowest BCUT2D eigenvalue weighted by Gasteiger charge is -2.10. The number of carboxylic acids is 2. The summed E-state index contributed by atoms with van der Waals surface area (Å²) in [5, 5.41) is 22.2. The Morgan fingerprint density at radius 3 is 2.03 bits per heavy atom. The first-order valence-corrected chi connectivity index (χ1v) is 10.7. The van der Waals surface area contributed by atoms with E-state index in [0.717, 1.165) is 16.8 Å². The van der Waals surface area contributed by atoms with E-state index in [1.807, 2.05) is 0 Å². The van der Waals surface area contributed by atoms with Crippen LogP contribution in [0.5, 0.6) is 0 Å². The lowest BCUT2D eigenvalue weighted by Crippen LogP contribution is -2.13. The predicted molar refractivity (Wildman–Crippen MR) is 113 cm³/mol. The summed E-state index contributed by atoms with van der Waals surface area (Å²) in [5.41, 5.74) is -0.181. The van der Waals surface area contributed by atoms with Crippen LogP contribution >= 0.6 is 0 Å². The van der Waals surface area contributed by atoms with Crippen molar-refractivity contribution in [3.8, 4) is 5.69 Å². The molecule has 1 heterocycles. The highest BCUT2D eigenvalue weighted by atomic mass is 32.2. The van der Waals surface area contributed by atoms with Gasteiger partial charge in [-0.1, -0.05) is 24.3 Å². The number of carboxylic acid groups (broad SMARTS) is 2. The lowest BCUT2D eigenvalue weighted by molar-refractivity contribution is -0.134. The van der Waals surface area contributed by atoms with Crippen molar-refractivity contribution in [3.63, 3.8) is 0 Å². The molecule has 0 fully saturated rings. The van der Waals surface area contributed by atoms with E-state index in [2.05, 4.69) is 10.4 Å². The zero-order chi connectivity index (χ0) is 24.6. The van der Waals surface area contributed by atoms with Crippen LogP contribution in [0.2, 0.25) is 0 Å². The summed E-state index contributed by atoms with van der Waals surface area (Å²) >= 11 is 0. The number of benzene rings is 2. The molecule has 0 saturated heterocycles. The number of hydrogen-bond acceptors (Lipinski definition) is 6. The summed E-state index contributed by atoms with van der Waals surface area (Å²) in [6.45, 7) is 0.250. The van der Waals surface area contributed by atoms with E-state index >= 15 is 0 Å². The van der Waals surface area contributed by atoms with Crippen LogP contribution in [0.25, 0.3) is 5.69 Å². The first-order valence-electron chi connectivity index (χ1n) is 9.20. The highest BCUT2D eigenvalue weighted by Gasteiger charge is 2.27. The van der Waals surface area contributed by atoms with Crippen LogP contribution in [-0.2, 0) is 26.0 Å². The zero-order valence-electron chi connectivity index (χ0n) is 17.1. The lowest BCUT2D eigenvalue weighted by atomic mass is 10.3. The fourth-order valence-electron chi connectivity index (χ4n) is 2.58. The number of aliphatic carboxylic acids is 2. The van der Waals surface area contributed by atoms with Crippen LogP contribution in [0, 0.1) is 11.6 Å². The topological polar surface area (TPSA) is 139 Å². The minimum Gasteiger partial charge on any atom is -0.478 e.